The molecule has 0 saturated heterocycles. The molecule has 8 heteroatoms. The Kier molecular flexibility index (Phi) is 4.78. The van der Waals surface area contributed by atoms with Crippen LogP contribution in [0, 0.1) is 5.82 Å². The maximum absolute atomic E-state index is 13.5. The average molecular weight is 381 g/mol. The van der Waals surface area contributed by atoms with Gasteiger partial charge in [0.2, 0.25) is 15.0 Å². The number of aromatic nitrogens is 2. The van der Waals surface area contributed by atoms with Crippen molar-refractivity contribution in [3.05, 3.63) is 71.3 Å². The van der Waals surface area contributed by atoms with Crippen molar-refractivity contribution in [3.63, 3.8) is 0 Å². The molecule has 0 amide bonds. The van der Waals surface area contributed by atoms with E-state index in [1.807, 2.05) is 0 Å². The number of sulfone groups is 1. The smallest absolute Gasteiger partial charge is 0.232 e. The van der Waals surface area contributed by atoms with Gasteiger partial charge in [-0.15, -0.1) is 0 Å². The molecule has 0 spiro atoms. The van der Waals surface area contributed by atoms with Crippen LogP contribution in [0.15, 0.2) is 60.0 Å². The van der Waals surface area contributed by atoms with Gasteiger partial charge in [-0.3, -0.25) is 4.57 Å². The van der Waals surface area contributed by atoms with Gasteiger partial charge in [0.05, 0.1) is 18.6 Å². The van der Waals surface area contributed by atoms with Crippen LogP contribution in [0.3, 0.4) is 0 Å². The van der Waals surface area contributed by atoms with Crippen LogP contribution in [-0.4, -0.2) is 25.1 Å². The Bertz CT molecular complexity index is 1020. The van der Waals surface area contributed by atoms with Gasteiger partial charge in [-0.1, -0.05) is 17.7 Å². The summed E-state index contributed by atoms with van der Waals surface area (Å²) >= 11 is 5.96. The third-order valence-electron chi connectivity index (χ3n) is 3.56. The van der Waals surface area contributed by atoms with Crippen molar-refractivity contribution in [2.24, 2.45) is 0 Å². The predicted octanol–water partition coefficient (Wildman–Crippen LogP) is 3.65. The van der Waals surface area contributed by atoms with Gasteiger partial charge in [0.1, 0.15) is 11.6 Å². The maximum atomic E-state index is 13.5. The van der Waals surface area contributed by atoms with Crippen LogP contribution in [0.2, 0.25) is 5.02 Å². The van der Waals surface area contributed by atoms with Crippen molar-refractivity contribution in [1.29, 1.82) is 0 Å². The quantitative estimate of drug-likeness (QED) is 0.678. The van der Waals surface area contributed by atoms with Gasteiger partial charge in [0.15, 0.2) is 0 Å². The van der Waals surface area contributed by atoms with Crippen LogP contribution in [0.25, 0.3) is 5.69 Å². The Labute approximate surface area is 149 Å². The van der Waals surface area contributed by atoms with Crippen molar-refractivity contribution in [2.45, 2.75) is 10.9 Å². The summed E-state index contributed by atoms with van der Waals surface area (Å²) < 4.78 is 45.7. The minimum Gasteiger partial charge on any atom is -0.496 e. The lowest BCUT2D eigenvalue weighted by Gasteiger charge is -2.11. The first kappa shape index (κ1) is 17.4. The minimum atomic E-state index is -3.82. The lowest BCUT2D eigenvalue weighted by Crippen LogP contribution is -2.12. The van der Waals surface area contributed by atoms with E-state index in [4.69, 9.17) is 16.3 Å². The fraction of sp³-hybridized carbons (Fsp3) is 0.118. The number of rotatable bonds is 5. The number of hydrogen-bond donors (Lipinski definition) is 0. The number of nitrogens with zero attached hydrogens (tertiary/aromatic N) is 2. The largest absolute Gasteiger partial charge is 0.496 e. The molecule has 0 aliphatic rings. The molecule has 1 heterocycles. The first-order chi connectivity index (χ1) is 11.9. The predicted molar refractivity (Wildman–Crippen MR) is 92.4 cm³/mol. The Morgan fingerprint density at radius 3 is 2.76 bits per heavy atom. The Balaban J connectivity index is 2.03. The third-order valence-corrected chi connectivity index (χ3v) is 5.34. The summed E-state index contributed by atoms with van der Waals surface area (Å²) in [6, 6.07) is 10.4. The van der Waals surface area contributed by atoms with E-state index in [0.717, 1.165) is 0 Å². The molecule has 130 valence electrons. The summed E-state index contributed by atoms with van der Waals surface area (Å²) in [5.41, 5.74) is 0.790. The molecule has 2 aromatic carbocycles. The van der Waals surface area contributed by atoms with Crippen LogP contribution in [0.4, 0.5) is 4.39 Å². The molecule has 0 aliphatic carbocycles. The second-order valence-corrected chi connectivity index (χ2v) is 7.59. The van der Waals surface area contributed by atoms with E-state index in [9.17, 15) is 12.8 Å². The summed E-state index contributed by atoms with van der Waals surface area (Å²) in [6.07, 6.45) is 2.82. The van der Waals surface area contributed by atoms with E-state index in [-0.39, 0.29) is 10.9 Å². The van der Waals surface area contributed by atoms with Gasteiger partial charge in [-0.2, -0.15) is 0 Å². The van der Waals surface area contributed by atoms with E-state index < -0.39 is 15.7 Å². The Morgan fingerprint density at radius 2 is 2.04 bits per heavy atom. The van der Waals surface area contributed by atoms with Crippen molar-refractivity contribution in [1.82, 2.24) is 9.55 Å². The van der Waals surface area contributed by atoms with Crippen molar-refractivity contribution >= 4 is 21.4 Å². The van der Waals surface area contributed by atoms with Gasteiger partial charge in [0, 0.05) is 23.0 Å². The fourth-order valence-corrected chi connectivity index (χ4v) is 4.12. The van der Waals surface area contributed by atoms with E-state index in [1.54, 1.807) is 18.2 Å². The zero-order chi connectivity index (χ0) is 18.0. The number of benzene rings is 2. The first-order valence-electron chi connectivity index (χ1n) is 7.25. The van der Waals surface area contributed by atoms with Gasteiger partial charge in [0.25, 0.3) is 0 Å². The number of ether oxygens (including phenoxy) is 1. The van der Waals surface area contributed by atoms with Crippen LogP contribution in [0.1, 0.15) is 5.56 Å². The van der Waals surface area contributed by atoms with Crippen LogP contribution < -0.4 is 4.74 Å². The average Bonchev–Trinajstić information content (AvgIpc) is 3.05. The standard InChI is InChI=1S/C17H14ClFN2O3S/c1-24-16-6-5-13(18)9-12(16)11-25(22,23)17-20-7-8-21(17)15-4-2-3-14(19)10-15/h2-10H,11H2,1H3. The van der Waals surface area contributed by atoms with Crippen LogP contribution in [-0.2, 0) is 15.6 Å². The van der Waals surface area contributed by atoms with E-state index in [1.165, 1.54) is 48.3 Å². The van der Waals surface area contributed by atoms with Gasteiger partial charge >= 0.3 is 0 Å². The van der Waals surface area contributed by atoms with Crippen LogP contribution in [0.5, 0.6) is 5.75 Å². The summed E-state index contributed by atoms with van der Waals surface area (Å²) in [4.78, 5) is 3.95. The third kappa shape index (κ3) is 3.67. The minimum absolute atomic E-state index is 0.180. The topological polar surface area (TPSA) is 61.2 Å². The molecular formula is C17H14ClFN2O3S. The summed E-state index contributed by atoms with van der Waals surface area (Å²) in [5.74, 6) is -0.397. The summed E-state index contributed by atoms with van der Waals surface area (Å²) in [6.45, 7) is 0. The molecule has 0 bridgehead atoms. The zero-order valence-electron chi connectivity index (χ0n) is 13.2. The molecule has 0 radical (unpaired) electrons. The van der Waals surface area contributed by atoms with Crippen LogP contribution >= 0.6 is 11.6 Å². The lowest BCUT2D eigenvalue weighted by molar-refractivity contribution is 0.411. The van der Waals surface area contributed by atoms with Gasteiger partial charge in [-0.05, 0) is 36.4 Å². The molecular weight excluding hydrogens is 367 g/mol. The normalized spacial score (nSPS) is 11.5. The van der Waals surface area contributed by atoms with E-state index in [0.29, 0.717) is 22.0 Å². The van der Waals surface area contributed by atoms with Crippen molar-refractivity contribution in [3.8, 4) is 11.4 Å². The number of imidazole rings is 1. The second-order valence-electron chi connectivity index (χ2n) is 5.27. The number of methoxy groups -OCH3 is 1. The molecule has 0 atom stereocenters. The molecule has 3 aromatic rings. The highest BCUT2D eigenvalue weighted by molar-refractivity contribution is 7.90. The highest BCUT2D eigenvalue weighted by atomic mass is 35.5. The molecule has 0 unspecified atom stereocenters. The van der Waals surface area contributed by atoms with Crippen molar-refractivity contribution < 1.29 is 17.5 Å². The molecule has 0 aliphatic heterocycles. The molecule has 1 aromatic heterocycles. The molecule has 0 fully saturated rings. The highest BCUT2D eigenvalue weighted by Crippen LogP contribution is 2.27. The summed E-state index contributed by atoms with van der Waals surface area (Å²) in [7, 11) is -2.37. The SMILES string of the molecule is COc1ccc(Cl)cc1CS(=O)(=O)c1nccn1-c1cccc(F)c1. The van der Waals surface area contributed by atoms with Gasteiger partial charge < -0.3 is 4.74 Å². The Morgan fingerprint density at radius 1 is 1.24 bits per heavy atom. The molecule has 3 rings (SSSR count). The first-order valence-corrected chi connectivity index (χ1v) is 9.28. The van der Waals surface area contributed by atoms with Gasteiger partial charge in [-0.25, -0.2) is 17.8 Å². The zero-order valence-corrected chi connectivity index (χ0v) is 14.8. The summed E-state index contributed by atoms with van der Waals surface area (Å²) in [5, 5.41) is 0.222. The molecule has 5 nitrogen and oxygen atoms in total. The molecule has 0 saturated carbocycles. The highest BCUT2D eigenvalue weighted by Gasteiger charge is 2.24. The van der Waals surface area contributed by atoms with E-state index >= 15 is 0 Å². The Hall–Kier alpha value is -2.38. The van der Waals surface area contributed by atoms with E-state index in [2.05, 4.69) is 4.98 Å². The number of hydrogen-bond acceptors (Lipinski definition) is 4. The maximum Gasteiger partial charge on any atom is 0.232 e. The number of halogens is 2. The molecule has 0 N–H and O–H groups in total. The molecule has 25 heavy (non-hydrogen) atoms. The second kappa shape index (κ2) is 6.85. The van der Waals surface area contributed by atoms with Crippen molar-refractivity contribution in [2.75, 3.05) is 7.11 Å². The lowest BCUT2D eigenvalue weighted by atomic mass is 10.2. The monoisotopic (exact) mass is 380 g/mol. The fourth-order valence-electron chi connectivity index (χ4n) is 2.47.